The summed E-state index contributed by atoms with van der Waals surface area (Å²) in [6, 6.07) is 0. The molecule has 3 atom stereocenters. The molecule has 0 amide bonds. The molecule has 0 aliphatic heterocycles. The highest BCUT2D eigenvalue weighted by molar-refractivity contribution is 4.97. The lowest BCUT2D eigenvalue weighted by Gasteiger charge is -2.15. The molecule has 0 aromatic rings. The largest absolute Gasteiger partial charge is 0.394 e. The van der Waals surface area contributed by atoms with E-state index in [0.717, 1.165) is 30.6 Å². The van der Waals surface area contributed by atoms with Crippen LogP contribution in [-0.4, -0.2) is 36.1 Å². The van der Waals surface area contributed by atoms with E-state index in [1.807, 2.05) is 0 Å². The van der Waals surface area contributed by atoms with Crippen molar-refractivity contribution in [2.45, 2.75) is 111 Å². The minimum Gasteiger partial charge on any atom is -0.394 e. The van der Waals surface area contributed by atoms with Gasteiger partial charge in [-0.25, -0.2) is 0 Å². The minimum absolute atomic E-state index is 0.227. The Hall–Kier alpha value is -0.380. The van der Waals surface area contributed by atoms with E-state index in [1.54, 1.807) is 0 Å². The lowest BCUT2D eigenvalue weighted by Crippen LogP contribution is -2.19. The molecule has 0 saturated heterocycles. The minimum atomic E-state index is -0.743. The van der Waals surface area contributed by atoms with E-state index in [-0.39, 0.29) is 13.2 Å². The fourth-order valence-electron chi connectivity index (χ4n) is 3.62. The highest BCUT2D eigenvalue weighted by Gasteiger charge is 2.06. The highest BCUT2D eigenvalue weighted by atomic mass is 16.5. The van der Waals surface area contributed by atoms with Crippen molar-refractivity contribution in [1.29, 1.82) is 0 Å². The fourth-order valence-corrected chi connectivity index (χ4v) is 3.62. The summed E-state index contributed by atoms with van der Waals surface area (Å²) < 4.78 is 5.33. The molecule has 0 fully saturated rings. The second kappa shape index (κ2) is 18.6. The van der Waals surface area contributed by atoms with Crippen LogP contribution in [0.5, 0.6) is 0 Å². The van der Waals surface area contributed by atoms with Crippen LogP contribution in [0.25, 0.3) is 0 Å². The van der Waals surface area contributed by atoms with Gasteiger partial charge in [0.1, 0.15) is 6.10 Å². The van der Waals surface area contributed by atoms with E-state index in [0.29, 0.717) is 6.61 Å². The average Bonchev–Trinajstić information content (AvgIpc) is 2.63. The molecule has 28 heavy (non-hydrogen) atoms. The smallest absolute Gasteiger partial charge is 0.100 e. The zero-order valence-corrected chi connectivity index (χ0v) is 19.6. The molecule has 3 nitrogen and oxygen atoms in total. The third kappa shape index (κ3) is 19.0. The number of aliphatic hydroxyl groups is 2. The van der Waals surface area contributed by atoms with Crippen molar-refractivity contribution in [3.05, 3.63) is 11.6 Å². The number of allylic oxidation sites excluding steroid dienone is 2. The molecule has 168 valence electrons. The second-order valence-corrected chi connectivity index (χ2v) is 9.46. The summed E-state index contributed by atoms with van der Waals surface area (Å²) >= 11 is 0. The van der Waals surface area contributed by atoms with Crippen LogP contribution in [0.3, 0.4) is 0 Å². The van der Waals surface area contributed by atoms with Gasteiger partial charge in [0.2, 0.25) is 0 Å². The molecule has 0 aliphatic carbocycles. The van der Waals surface area contributed by atoms with Crippen LogP contribution in [-0.2, 0) is 4.74 Å². The topological polar surface area (TPSA) is 49.7 Å². The van der Waals surface area contributed by atoms with Crippen molar-refractivity contribution in [3.63, 3.8) is 0 Å². The van der Waals surface area contributed by atoms with Crippen molar-refractivity contribution in [2.24, 2.45) is 17.8 Å². The van der Waals surface area contributed by atoms with Gasteiger partial charge in [0.05, 0.1) is 13.2 Å². The van der Waals surface area contributed by atoms with E-state index in [4.69, 9.17) is 9.84 Å². The summed E-state index contributed by atoms with van der Waals surface area (Å²) in [6.07, 6.45) is 15.8. The van der Waals surface area contributed by atoms with E-state index in [2.05, 4.69) is 40.7 Å². The Morgan fingerprint density at radius 3 is 2.00 bits per heavy atom. The van der Waals surface area contributed by atoms with Crippen LogP contribution in [0, 0.1) is 17.8 Å². The molecule has 0 rings (SSSR count). The Morgan fingerprint density at radius 2 is 1.43 bits per heavy atom. The molecule has 0 spiro atoms. The van der Waals surface area contributed by atoms with Crippen molar-refractivity contribution in [2.75, 3.05) is 19.8 Å². The van der Waals surface area contributed by atoms with E-state index in [1.165, 1.54) is 63.4 Å². The monoisotopic (exact) mass is 398 g/mol. The van der Waals surface area contributed by atoms with Gasteiger partial charge in [0.25, 0.3) is 0 Å². The van der Waals surface area contributed by atoms with E-state index in [9.17, 15) is 5.11 Å². The van der Waals surface area contributed by atoms with Crippen LogP contribution in [0.4, 0.5) is 0 Å². The fraction of sp³-hybridized carbons (Fsp3) is 0.920. The highest BCUT2D eigenvalue weighted by Crippen LogP contribution is 2.22. The first-order valence-corrected chi connectivity index (χ1v) is 11.9. The predicted octanol–water partition coefficient (Wildman–Crippen LogP) is 6.52. The lowest BCUT2D eigenvalue weighted by molar-refractivity contribution is 0.00585. The first kappa shape index (κ1) is 27.6. The average molecular weight is 399 g/mol. The van der Waals surface area contributed by atoms with Gasteiger partial charge in [-0.1, -0.05) is 84.3 Å². The quantitative estimate of drug-likeness (QED) is 0.192. The van der Waals surface area contributed by atoms with E-state index < -0.39 is 6.10 Å². The van der Waals surface area contributed by atoms with Gasteiger partial charge in [-0.3, -0.25) is 0 Å². The van der Waals surface area contributed by atoms with Crippen LogP contribution in [0.15, 0.2) is 11.6 Å². The maximum atomic E-state index is 9.19. The van der Waals surface area contributed by atoms with Crippen LogP contribution >= 0.6 is 0 Å². The Kier molecular flexibility index (Phi) is 18.4. The molecule has 2 N–H and O–H groups in total. The van der Waals surface area contributed by atoms with Crippen molar-refractivity contribution < 1.29 is 14.9 Å². The maximum absolute atomic E-state index is 9.19. The third-order valence-corrected chi connectivity index (χ3v) is 5.65. The normalized spacial score (nSPS) is 15.8. The van der Waals surface area contributed by atoms with E-state index >= 15 is 0 Å². The molecular formula is C25H50O3. The predicted molar refractivity (Wildman–Crippen MR) is 122 cm³/mol. The van der Waals surface area contributed by atoms with Crippen LogP contribution in [0.1, 0.15) is 105 Å². The van der Waals surface area contributed by atoms with Crippen LogP contribution in [0.2, 0.25) is 0 Å². The van der Waals surface area contributed by atoms with Crippen molar-refractivity contribution in [3.8, 4) is 0 Å². The van der Waals surface area contributed by atoms with Crippen molar-refractivity contribution in [1.82, 2.24) is 0 Å². The lowest BCUT2D eigenvalue weighted by atomic mass is 9.91. The standard InChI is InChI=1S/C25H50O3/c1-21(2)11-8-13-23(4)15-10-17-24(5)16-9-14-22(3)12-6-7-18-28-20-25(27)19-26/h12,21,23-27H,6-11,13-20H2,1-5H3. The Morgan fingerprint density at radius 1 is 0.857 bits per heavy atom. The molecule has 0 aliphatic rings. The Bertz CT molecular complexity index is 365. The van der Waals surface area contributed by atoms with Gasteiger partial charge in [-0.05, 0) is 50.4 Å². The Balaban J connectivity index is 3.59. The summed E-state index contributed by atoms with van der Waals surface area (Å²) in [7, 11) is 0. The molecule has 0 heterocycles. The molecule has 0 saturated carbocycles. The molecule has 3 unspecified atom stereocenters. The number of unbranched alkanes of at least 4 members (excludes halogenated alkanes) is 1. The molecular weight excluding hydrogens is 348 g/mol. The number of aliphatic hydroxyl groups excluding tert-OH is 2. The van der Waals surface area contributed by atoms with Crippen LogP contribution < -0.4 is 0 Å². The summed E-state index contributed by atoms with van der Waals surface area (Å²) in [4.78, 5) is 0. The van der Waals surface area contributed by atoms with Gasteiger partial charge < -0.3 is 14.9 Å². The first-order chi connectivity index (χ1) is 13.3. The second-order valence-electron chi connectivity index (χ2n) is 9.46. The molecule has 0 aromatic heterocycles. The van der Waals surface area contributed by atoms with Gasteiger partial charge in [0, 0.05) is 6.61 Å². The molecule has 3 heteroatoms. The summed E-state index contributed by atoms with van der Waals surface area (Å²) in [6.45, 7) is 12.4. The van der Waals surface area contributed by atoms with Gasteiger partial charge in [-0.15, -0.1) is 0 Å². The zero-order valence-electron chi connectivity index (χ0n) is 19.6. The number of hydrogen-bond donors (Lipinski definition) is 2. The summed E-state index contributed by atoms with van der Waals surface area (Å²) in [5, 5.41) is 17.9. The molecule has 0 aromatic carbocycles. The number of ether oxygens (including phenoxy) is 1. The molecule has 0 bridgehead atoms. The van der Waals surface area contributed by atoms with Gasteiger partial charge in [-0.2, -0.15) is 0 Å². The number of rotatable bonds is 19. The zero-order chi connectivity index (χ0) is 21.2. The number of hydrogen-bond acceptors (Lipinski definition) is 3. The SMILES string of the molecule is CC(=CCCCOCC(O)CO)CCCC(C)CCCC(C)CCCC(C)C. The molecule has 0 radical (unpaired) electrons. The first-order valence-electron chi connectivity index (χ1n) is 11.9. The Labute approximate surface area is 176 Å². The van der Waals surface area contributed by atoms with Crippen molar-refractivity contribution >= 4 is 0 Å². The maximum Gasteiger partial charge on any atom is 0.100 e. The van der Waals surface area contributed by atoms with Gasteiger partial charge in [0.15, 0.2) is 0 Å². The third-order valence-electron chi connectivity index (χ3n) is 5.65. The summed E-state index contributed by atoms with van der Waals surface area (Å²) in [5.74, 6) is 2.60. The van der Waals surface area contributed by atoms with Gasteiger partial charge >= 0.3 is 0 Å². The summed E-state index contributed by atoms with van der Waals surface area (Å²) in [5.41, 5.74) is 1.49.